The van der Waals surface area contributed by atoms with Gasteiger partial charge in [-0.2, -0.15) is 5.26 Å². The fourth-order valence-electron chi connectivity index (χ4n) is 1.96. The normalized spacial score (nSPS) is 10.4. The lowest BCUT2D eigenvalue weighted by Crippen LogP contribution is -1.99. The second-order valence-corrected chi connectivity index (χ2v) is 5.23. The highest BCUT2D eigenvalue weighted by Crippen LogP contribution is 2.24. The van der Waals surface area contributed by atoms with Crippen molar-refractivity contribution in [2.24, 2.45) is 0 Å². The van der Waals surface area contributed by atoms with E-state index in [0.717, 1.165) is 9.86 Å². The number of hydrogen-bond donors (Lipinski definition) is 0. The fourth-order valence-corrected chi connectivity index (χ4v) is 2.34. The zero-order valence-corrected chi connectivity index (χ0v) is 11.8. The highest BCUT2D eigenvalue weighted by atomic mass is 79.9. The number of nitrogens with zero attached hydrogens (tertiary/aromatic N) is 1. The number of carbonyl (C=O) groups is 1. The third-order valence-electron chi connectivity index (χ3n) is 2.98. The molecule has 3 aromatic rings. The van der Waals surface area contributed by atoms with Crippen LogP contribution in [0.4, 0.5) is 0 Å². The summed E-state index contributed by atoms with van der Waals surface area (Å²) in [5.74, 6) is 0.101. The maximum absolute atomic E-state index is 12.3. The molecule has 96 valence electrons. The standard InChI is InChI=1S/C16H8BrNO2/c17-13-5-6-14-12(7-13)8-15(20-14)16(19)11-3-1-10(9-18)2-4-11/h1-8H. The van der Waals surface area contributed by atoms with E-state index < -0.39 is 0 Å². The van der Waals surface area contributed by atoms with E-state index in [1.165, 1.54) is 0 Å². The summed E-state index contributed by atoms with van der Waals surface area (Å²) in [5.41, 5.74) is 1.70. The highest BCUT2D eigenvalue weighted by Gasteiger charge is 2.14. The van der Waals surface area contributed by atoms with Gasteiger partial charge in [0, 0.05) is 15.4 Å². The largest absolute Gasteiger partial charge is 0.453 e. The SMILES string of the molecule is N#Cc1ccc(C(=O)c2cc3cc(Br)ccc3o2)cc1. The van der Waals surface area contributed by atoms with Crippen molar-refractivity contribution in [3.05, 3.63) is 69.9 Å². The second-order valence-electron chi connectivity index (χ2n) is 4.31. The summed E-state index contributed by atoms with van der Waals surface area (Å²) >= 11 is 3.38. The van der Waals surface area contributed by atoms with Gasteiger partial charge < -0.3 is 4.42 Å². The molecule has 0 aliphatic carbocycles. The number of benzene rings is 2. The number of rotatable bonds is 2. The molecule has 3 nitrogen and oxygen atoms in total. The minimum absolute atomic E-state index is 0.193. The van der Waals surface area contributed by atoms with Crippen LogP contribution in [0, 0.1) is 11.3 Å². The van der Waals surface area contributed by atoms with Gasteiger partial charge in [0.1, 0.15) is 5.58 Å². The first-order chi connectivity index (χ1) is 9.67. The van der Waals surface area contributed by atoms with Crippen LogP contribution in [0.5, 0.6) is 0 Å². The Labute approximate surface area is 123 Å². The number of fused-ring (bicyclic) bond motifs is 1. The molecule has 0 amide bonds. The summed E-state index contributed by atoms with van der Waals surface area (Å²) in [5, 5.41) is 9.62. The molecule has 0 unspecified atom stereocenters. The lowest BCUT2D eigenvalue weighted by Gasteiger charge is -1.97. The maximum Gasteiger partial charge on any atom is 0.228 e. The lowest BCUT2D eigenvalue weighted by molar-refractivity contribution is 0.101. The monoisotopic (exact) mass is 325 g/mol. The topological polar surface area (TPSA) is 54.0 Å². The van der Waals surface area contributed by atoms with Crippen LogP contribution in [-0.4, -0.2) is 5.78 Å². The first-order valence-electron chi connectivity index (χ1n) is 5.91. The average Bonchev–Trinajstić information content (AvgIpc) is 2.89. The molecule has 1 aromatic heterocycles. The molecule has 0 N–H and O–H groups in total. The predicted molar refractivity (Wildman–Crippen MR) is 78.5 cm³/mol. The van der Waals surface area contributed by atoms with Crippen molar-refractivity contribution < 1.29 is 9.21 Å². The summed E-state index contributed by atoms with van der Waals surface area (Å²) in [6.07, 6.45) is 0. The molecule has 0 bridgehead atoms. The van der Waals surface area contributed by atoms with Crippen LogP contribution >= 0.6 is 15.9 Å². The van der Waals surface area contributed by atoms with Crippen molar-refractivity contribution in [3.8, 4) is 6.07 Å². The third-order valence-corrected chi connectivity index (χ3v) is 3.47. The summed E-state index contributed by atoms with van der Waals surface area (Å²) < 4.78 is 6.49. The molecule has 0 aliphatic rings. The number of nitriles is 1. The maximum atomic E-state index is 12.3. The second kappa shape index (κ2) is 4.95. The number of hydrogen-bond acceptors (Lipinski definition) is 3. The summed E-state index contributed by atoms with van der Waals surface area (Å²) in [4.78, 5) is 12.3. The predicted octanol–water partition coefficient (Wildman–Crippen LogP) is 4.30. The van der Waals surface area contributed by atoms with Crippen molar-refractivity contribution in [1.82, 2.24) is 0 Å². The zero-order valence-electron chi connectivity index (χ0n) is 10.3. The Morgan fingerprint density at radius 2 is 1.85 bits per heavy atom. The van der Waals surface area contributed by atoms with E-state index in [1.807, 2.05) is 24.3 Å². The van der Waals surface area contributed by atoms with Crippen molar-refractivity contribution in [2.45, 2.75) is 0 Å². The van der Waals surface area contributed by atoms with Crippen molar-refractivity contribution in [2.75, 3.05) is 0 Å². The van der Waals surface area contributed by atoms with Crippen LogP contribution in [0.2, 0.25) is 0 Å². The number of furan rings is 1. The molecule has 0 radical (unpaired) electrons. The Bertz CT molecular complexity index is 841. The van der Waals surface area contributed by atoms with Crippen LogP contribution < -0.4 is 0 Å². The van der Waals surface area contributed by atoms with E-state index in [-0.39, 0.29) is 5.78 Å². The van der Waals surface area contributed by atoms with Gasteiger partial charge in [0.05, 0.1) is 11.6 Å². The number of carbonyl (C=O) groups excluding carboxylic acids is 1. The summed E-state index contributed by atoms with van der Waals surface area (Å²) in [7, 11) is 0. The van der Waals surface area contributed by atoms with Gasteiger partial charge in [0.25, 0.3) is 0 Å². The average molecular weight is 326 g/mol. The number of halogens is 1. The van der Waals surface area contributed by atoms with Gasteiger partial charge in [0.15, 0.2) is 5.76 Å². The van der Waals surface area contributed by atoms with Gasteiger partial charge in [0.2, 0.25) is 5.78 Å². The molecule has 4 heteroatoms. The molecule has 20 heavy (non-hydrogen) atoms. The van der Waals surface area contributed by atoms with E-state index in [9.17, 15) is 4.79 Å². The molecule has 0 saturated heterocycles. The fraction of sp³-hybridized carbons (Fsp3) is 0. The smallest absolute Gasteiger partial charge is 0.228 e. The zero-order chi connectivity index (χ0) is 14.1. The van der Waals surface area contributed by atoms with Gasteiger partial charge in [-0.25, -0.2) is 0 Å². The first-order valence-corrected chi connectivity index (χ1v) is 6.70. The molecule has 0 aliphatic heterocycles. The van der Waals surface area contributed by atoms with E-state index in [2.05, 4.69) is 15.9 Å². The molecule has 0 spiro atoms. The molecule has 1 heterocycles. The third kappa shape index (κ3) is 2.24. The van der Waals surface area contributed by atoms with Crippen LogP contribution in [0.3, 0.4) is 0 Å². The van der Waals surface area contributed by atoms with Crippen LogP contribution in [-0.2, 0) is 0 Å². The highest BCUT2D eigenvalue weighted by molar-refractivity contribution is 9.10. The van der Waals surface area contributed by atoms with E-state index in [1.54, 1.807) is 30.3 Å². The van der Waals surface area contributed by atoms with Gasteiger partial charge in [-0.05, 0) is 48.5 Å². The molecular weight excluding hydrogens is 318 g/mol. The van der Waals surface area contributed by atoms with Gasteiger partial charge in [-0.1, -0.05) is 15.9 Å². The Hall–Kier alpha value is -2.38. The molecule has 0 atom stereocenters. The summed E-state index contributed by atoms with van der Waals surface area (Å²) in [6, 6.07) is 15.8. The number of ketones is 1. The first kappa shape index (κ1) is 12.6. The molecule has 0 saturated carbocycles. The summed E-state index contributed by atoms with van der Waals surface area (Å²) in [6.45, 7) is 0. The Morgan fingerprint density at radius 3 is 2.55 bits per heavy atom. The molecule has 3 rings (SSSR count). The van der Waals surface area contributed by atoms with Crippen molar-refractivity contribution >= 4 is 32.7 Å². The van der Waals surface area contributed by atoms with Gasteiger partial charge in [-0.3, -0.25) is 4.79 Å². The Balaban J connectivity index is 2.01. The van der Waals surface area contributed by atoms with Crippen LogP contribution in [0.1, 0.15) is 21.7 Å². The van der Waals surface area contributed by atoms with Crippen LogP contribution in [0.25, 0.3) is 11.0 Å². The van der Waals surface area contributed by atoms with Crippen LogP contribution in [0.15, 0.2) is 57.4 Å². The van der Waals surface area contributed by atoms with E-state index in [0.29, 0.717) is 22.5 Å². The minimum Gasteiger partial charge on any atom is -0.453 e. The van der Waals surface area contributed by atoms with Crippen molar-refractivity contribution in [3.63, 3.8) is 0 Å². The van der Waals surface area contributed by atoms with E-state index in [4.69, 9.17) is 9.68 Å². The van der Waals surface area contributed by atoms with Gasteiger partial charge >= 0.3 is 0 Å². The van der Waals surface area contributed by atoms with Crippen molar-refractivity contribution in [1.29, 1.82) is 5.26 Å². The molecule has 0 fully saturated rings. The molecule has 2 aromatic carbocycles. The minimum atomic E-state index is -0.193. The Morgan fingerprint density at radius 1 is 1.10 bits per heavy atom. The van der Waals surface area contributed by atoms with E-state index >= 15 is 0 Å². The molecular formula is C16H8BrNO2. The lowest BCUT2D eigenvalue weighted by atomic mass is 10.1. The van der Waals surface area contributed by atoms with Gasteiger partial charge in [-0.15, -0.1) is 0 Å². The Kier molecular flexibility index (Phi) is 3.13. The quantitative estimate of drug-likeness (QED) is 0.660.